The standard InChI is InChI=1S/C44H85NO4/c1-3-5-7-9-11-13-15-17-19-21-23-25-27-29-31-33-35-37-41(47)39-44(49)45-42(40-46)43(48)38-36-34-32-30-28-26-24-22-20-18-16-14-12-10-8-6-4-2/h28,30,36,38,41-43,46-48H,3-27,29,31-35,37,39-40H2,1-2H3,(H,45,49)/b30-28+,38-36+. The summed E-state index contributed by atoms with van der Waals surface area (Å²) in [7, 11) is 0. The Bertz CT molecular complexity index is 724. The molecule has 0 saturated carbocycles. The quantitative estimate of drug-likeness (QED) is 0.0381. The number of unbranched alkanes of at least 4 members (excludes halogenated alkanes) is 28. The molecule has 3 unspecified atom stereocenters. The van der Waals surface area contributed by atoms with Crippen LogP contribution >= 0.6 is 0 Å². The van der Waals surface area contributed by atoms with Gasteiger partial charge in [0.05, 0.1) is 31.3 Å². The molecule has 0 aromatic heterocycles. The first-order valence-corrected chi connectivity index (χ1v) is 21.6. The molecule has 0 saturated heterocycles. The van der Waals surface area contributed by atoms with Gasteiger partial charge >= 0.3 is 0 Å². The maximum absolute atomic E-state index is 12.4. The Labute approximate surface area is 305 Å². The Morgan fingerprint density at radius 3 is 1.31 bits per heavy atom. The van der Waals surface area contributed by atoms with Crippen molar-refractivity contribution < 1.29 is 20.1 Å². The van der Waals surface area contributed by atoms with E-state index in [9.17, 15) is 20.1 Å². The van der Waals surface area contributed by atoms with Gasteiger partial charge in [-0.3, -0.25) is 4.79 Å². The number of carbonyl (C=O) groups excluding carboxylic acids is 1. The number of aliphatic hydroxyl groups is 3. The van der Waals surface area contributed by atoms with E-state index in [-0.39, 0.29) is 18.9 Å². The van der Waals surface area contributed by atoms with Crippen LogP contribution in [0.2, 0.25) is 0 Å². The molecule has 0 aliphatic carbocycles. The number of nitrogens with one attached hydrogen (secondary N) is 1. The Morgan fingerprint density at radius 1 is 0.510 bits per heavy atom. The maximum atomic E-state index is 12.4. The summed E-state index contributed by atoms with van der Waals surface area (Å²) in [5.41, 5.74) is 0. The van der Waals surface area contributed by atoms with E-state index >= 15 is 0 Å². The first kappa shape index (κ1) is 47.8. The smallest absolute Gasteiger partial charge is 0.222 e. The van der Waals surface area contributed by atoms with Crippen LogP contribution in [0.5, 0.6) is 0 Å². The van der Waals surface area contributed by atoms with E-state index in [0.717, 1.165) is 32.1 Å². The van der Waals surface area contributed by atoms with Crippen molar-refractivity contribution in [2.24, 2.45) is 0 Å². The van der Waals surface area contributed by atoms with Gasteiger partial charge in [-0.15, -0.1) is 0 Å². The third-order valence-electron chi connectivity index (χ3n) is 9.99. The van der Waals surface area contributed by atoms with Crippen molar-refractivity contribution in [2.75, 3.05) is 6.61 Å². The fourth-order valence-electron chi connectivity index (χ4n) is 6.65. The maximum Gasteiger partial charge on any atom is 0.222 e. The molecule has 49 heavy (non-hydrogen) atoms. The second-order valence-electron chi connectivity index (χ2n) is 15.0. The molecular formula is C44H85NO4. The summed E-state index contributed by atoms with van der Waals surface area (Å²) in [6, 6.07) is -0.757. The lowest BCUT2D eigenvalue weighted by Gasteiger charge is -2.21. The molecule has 5 nitrogen and oxygen atoms in total. The van der Waals surface area contributed by atoms with Crippen LogP contribution in [0.3, 0.4) is 0 Å². The molecule has 4 N–H and O–H groups in total. The molecule has 0 fully saturated rings. The fraction of sp³-hybridized carbons (Fsp3) is 0.886. The summed E-state index contributed by atoms with van der Waals surface area (Å²) < 4.78 is 0. The van der Waals surface area contributed by atoms with Gasteiger partial charge in [0.1, 0.15) is 0 Å². The summed E-state index contributed by atoms with van der Waals surface area (Å²) in [4.78, 5) is 12.4. The van der Waals surface area contributed by atoms with Gasteiger partial charge in [0.15, 0.2) is 0 Å². The van der Waals surface area contributed by atoms with Gasteiger partial charge in [-0.1, -0.05) is 212 Å². The van der Waals surface area contributed by atoms with Gasteiger partial charge in [0, 0.05) is 0 Å². The van der Waals surface area contributed by atoms with E-state index in [1.165, 1.54) is 167 Å². The minimum atomic E-state index is -0.948. The largest absolute Gasteiger partial charge is 0.394 e. The van der Waals surface area contributed by atoms with Gasteiger partial charge in [-0.2, -0.15) is 0 Å². The molecule has 290 valence electrons. The highest BCUT2D eigenvalue weighted by atomic mass is 16.3. The minimum absolute atomic E-state index is 0.00963. The highest BCUT2D eigenvalue weighted by Crippen LogP contribution is 2.16. The molecule has 0 aromatic carbocycles. The lowest BCUT2D eigenvalue weighted by Crippen LogP contribution is -2.45. The summed E-state index contributed by atoms with van der Waals surface area (Å²) in [6.07, 6.45) is 47.4. The normalized spacial score (nSPS) is 13.8. The first-order valence-electron chi connectivity index (χ1n) is 21.6. The van der Waals surface area contributed by atoms with E-state index in [0.29, 0.717) is 6.42 Å². The molecule has 0 radical (unpaired) electrons. The van der Waals surface area contributed by atoms with Crippen LogP contribution in [0.4, 0.5) is 0 Å². The van der Waals surface area contributed by atoms with E-state index < -0.39 is 18.2 Å². The van der Waals surface area contributed by atoms with Gasteiger partial charge < -0.3 is 20.6 Å². The fourth-order valence-corrected chi connectivity index (χ4v) is 6.65. The molecule has 0 aromatic rings. The zero-order valence-corrected chi connectivity index (χ0v) is 32.8. The third-order valence-corrected chi connectivity index (χ3v) is 9.99. The van der Waals surface area contributed by atoms with Crippen LogP contribution in [-0.2, 0) is 4.79 Å². The zero-order chi connectivity index (χ0) is 35.9. The lowest BCUT2D eigenvalue weighted by atomic mass is 10.0. The molecule has 0 aliphatic rings. The summed E-state index contributed by atoms with van der Waals surface area (Å²) >= 11 is 0. The Morgan fingerprint density at radius 2 is 0.878 bits per heavy atom. The van der Waals surface area contributed by atoms with Crippen molar-refractivity contribution in [3.63, 3.8) is 0 Å². The number of aliphatic hydroxyl groups excluding tert-OH is 3. The number of hydrogen-bond donors (Lipinski definition) is 4. The third kappa shape index (κ3) is 36.4. The number of amides is 1. The molecule has 0 spiro atoms. The lowest BCUT2D eigenvalue weighted by molar-refractivity contribution is -0.124. The van der Waals surface area contributed by atoms with E-state index in [4.69, 9.17) is 0 Å². The van der Waals surface area contributed by atoms with Crippen LogP contribution in [-0.4, -0.2) is 46.1 Å². The molecule has 0 aliphatic heterocycles. The number of carbonyl (C=O) groups is 1. The van der Waals surface area contributed by atoms with Crippen LogP contribution in [0.1, 0.15) is 226 Å². The molecule has 3 atom stereocenters. The van der Waals surface area contributed by atoms with Crippen LogP contribution in [0.15, 0.2) is 24.3 Å². The topological polar surface area (TPSA) is 89.8 Å². The van der Waals surface area contributed by atoms with Crippen molar-refractivity contribution in [3.8, 4) is 0 Å². The molecule has 0 bridgehead atoms. The number of allylic oxidation sites excluding steroid dienone is 3. The predicted molar refractivity (Wildman–Crippen MR) is 213 cm³/mol. The van der Waals surface area contributed by atoms with Gasteiger partial charge in [-0.25, -0.2) is 0 Å². The monoisotopic (exact) mass is 692 g/mol. The highest BCUT2D eigenvalue weighted by molar-refractivity contribution is 5.76. The van der Waals surface area contributed by atoms with E-state index in [1.807, 2.05) is 6.08 Å². The van der Waals surface area contributed by atoms with E-state index in [2.05, 4.69) is 31.3 Å². The van der Waals surface area contributed by atoms with Crippen molar-refractivity contribution in [3.05, 3.63) is 24.3 Å². The zero-order valence-electron chi connectivity index (χ0n) is 32.8. The van der Waals surface area contributed by atoms with Gasteiger partial charge in [0.2, 0.25) is 5.91 Å². The van der Waals surface area contributed by atoms with Crippen molar-refractivity contribution in [1.29, 1.82) is 0 Å². The Hall–Kier alpha value is -1.17. The second kappa shape index (κ2) is 39.6. The number of hydrogen-bond acceptors (Lipinski definition) is 4. The van der Waals surface area contributed by atoms with Crippen LogP contribution in [0.25, 0.3) is 0 Å². The predicted octanol–water partition coefficient (Wildman–Crippen LogP) is 12.2. The summed E-state index contributed by atoms with van der Waals surface area (Å²) in [5.74, 6) is -0.323. The molecule has 1 amide bonds. The Balaban J connectivity index is 3.70. The number of rotatable bonds is 39. The molecule has 5 heteroatoms. The SMILES string of the molecule is CCCCCCCCCCCCC/C=C/CC/C=C/C(O)C(CO)NC(=O)CC(O)CCCCCCCCCCCCCCCCCCC. The van der Waals surface area contributed by atoms with Crippen molar-refractivity contribution in [2.45, 2.75) is 244 Å². The molecule has 0 rings (SSSR count). The minimum Gasteiger partial charge on any atom is -0.394 e. The summed E-state index contributed by atoms with van der Waals surface area (Å²) in [6.45, 7) is 4.21. The molecular weight excluding hydrogens is 606 g/mol. The van der Waals surface area contributed by atoms with Gasteiger partial charge in [-0.05, 0) is 32.1 Å². The molecule has 0 heterocycles. The second-order valence-corrected chi connectivity index (χ2v) is 15.0. The first-order chi connectivity index (χ1) is 24.0. The Kier molecular flexibility index (Phi) is 38.7. The van der Waals surface area contributed by atoms with Gasteiger partial charge in [0.25, 0.3) is 0 Å². The summed E-state index contributed by atoms with van der Waals surface area (Å²) in [5, 5.41) is 33.2. The van der Waals surface area contributed by atoms with Crippen molar-refractivity contribution >= 4 is 5.91 Å². The van der Waals surface area contributed by atoms with E-state index in [1.54, 1.807) is 6.08 Å². The average molecular weight is 692 g/mol. The highest BCUT2D eigenvalue weighted by Gasteiger charge is 2.20. The van der Waals surface area contributed by atoms with Crippen LogP contribution in [0, 0.1) is 0 Å². The van der Waals surface area contributed by atoms with Crippen molar-refractivity contribution in [1.82, 2.24) is 5.32 Å². The van der Waals surface area contributed by atoms with Crippen LogP contribution < -0.4 is 5.32 Å². The average Bonchev–Trinajstić information content (AvgIpc) is 3.09.